The normalized spacial score (nSPS) is 20.0. The monoisotopic (exact) mass is 522 g/mol. The van der Waals surface area contributed by atoms with Crippen LogP contribution in [0.15, 0.2) is 16.6 Å². The van der Waals surface area contributed by atoms with Gasteiger partial charge in [-0.3, -0.25) is 0 Å². The largest absolute Gasteiger partial charge is 0.362 e. The summed E-state index contributed by atoms with van der Waals surface area (Å²) in [5.74, 6) is -0.00419. The third kappa shape index (κ3) is 5.72. The molecule has 1 fully saturated rings. The number of amides is 2. The first kappa shape index (κ1) is 23.7. The predicted octanol–water partition coefficient (Wildman–Crippen LogP) is 5.01. The van der Waals surface area contributed by atoms with Crippen LogP contribution in [0.3, 0.4) is 0 Å². The lowest BCUT2D eigenvalue weighted by Crippen LogP contribution is -2.42. The van der Waals surface area contributed by atoms with Crippen molar-refractivity contribution in [2.24, 2.45) is 0 Å². The van der Waals surface area contributed by atoms with Crippen LogP contribution < -0.4 is 20.9 Å². The number of aryl methyl sites for hydroxylation is 1. The second-order valence-electron chi connectivity index (χ2n) is 8.93. The van der Waals surface area contributed by atoms with Crippen LogP contribution in [-0.4, -0.2) is 42.2 Å². The molecule has 0 saturated heterocycles. The molecule has 10 heteroatoms. The SMILES string of the molecule is CN(C)c1nc(NC2CCC(NC(=O)Nc3c(F)cc(Br)cc3F)CC2)nc2c1CCCC2. The number of halogens is 3. The minimum Gasteiger partial charge on any atom is -0.362 e. The van der Waals surface area contributed by atoms with Crippen molar-refractivity contribution in [2.75, 3.05) is 29.6 Å². The highest BCUT2D eigenvalue weighted by Gasteiger charge is 2.25. The van der Waals surface area contributed by atoms with Crippen molar-refractivity contribution < 1.29 is 13.6 Å². The van der Waals surface area contributed by atoms with Gasteiger partial charge in [0.15, 0.2) is 11.6 Å². The fraction of sp³-hybridized carbons (Fsp3) is 0.522. The minimum absolute atomic E-state index is 0.0635. The Labute approximate surface area is 200 Å². The summed E-state index contributed by atoms with van der Waals surface area (Å²) in [6, 6.07) is 1.76. The Balaban J connectivity index is 1.31. The number of fused-ring (bicyclic) bond motifs is 1. The summed E-state index contributed by atoms with van der Waals surface area (Å²) in [5, 5.41) is 8.59. The molecule has 1 aromatic carbocycles. The van der Waals surface area contributed by atoms with Gasteiger partial charge in [0.05, 0.1) is 5.69 Å². The van der Waals surface area contributed by atoms with Crippen molar-refractivity contribution in [3.8, 4) is 0 Å². The average molecular weight is 523 g/mol. The van der Waals surface area contributed by atoms with Crippen molar-refractivity contribution in [1.29, 1.82) is 0 Å². The van der Waals surface area contributed by atoms with Crippen molar-refractivity contribution in [3.63, 3.8) is 0 Å². The molecule has 0 bridgehead atoms. The number of aromatic nitrogens is 2. The second-order valence-corrected chi connectivity index (χ2v) is 9.85. The zero-order valence-corrected chi connectivity index (χ0v) is 20.4. The molecule has 4 rings (SSSR count). The molecular weight excluding hydrogens is 494 g/mol. The average Bonchev–Trinajstić information content (AvgIpc) is 2.77. The first-order valence-electron chi connectivity index (χ1n) is 11.4. The van der Waals surface area contributed by atoms with Crippen LogP contribution in [0.25, 0.3) is 0 Å². The molecule has 7 nitrogen and oxygen atoms in total. The highest BCUT2D eigenvalue weighted by atomic mass is 79.9. The highest BCUT2D eigenvalue weighted by molar-refractivity contribution is 9.10. The fourth-order valence-corrected chi connectivity index (χ4v) is 4.97. The zero-order valence-electron chi connectivity index (χ0n) is 18.9. The molecule has 2 amide bonds. The molecule has 1 heterocycles. The van der Waals surface area contributed by atoms with E-state index < -0.39 is 23.4 Å². The Kier molecular flexibility index (Phi) is 7.31. The molecule has 33 heavy (non-hydrogen) atoms. The summed E-state index contributed by atoms with van der Waals surface area (Å²) in [7, 11) is 4.02. The van der Waals surface area contributed by atoms with Crippen molar-refractivity contribution >= 4 is 39.4 Å². The van der Waals surface area contributed by atoms with Gasteiger partial charge in [0, 0.05) is 36.2 Å². The van der Waals surface area contributed by atoms with E-state index in [1.165, 1.54) is 12.0 Å². The third-order valence-corrected chi connectivity index (χ3v) is 6.68. The molecule has 2 aromatic rings. The number of benzene rings is 1. The summed E-state index contributed by atoms with van der Waals surface area (Å²) in [5.41, 5.74) is 1.95. The number of hydrogen-bond donors (Lipinski definition) is 3. The van der Waals surface area contributed by atoms with Gasteiger partial charge in [0.25, 0.3) is 0 Å². The Bertz CT molecular complexity index is 1000. The maximum atomic E-state index is 14.0. The molecule has 2 aliphatic rings. The maximum absolute atomic E-state index is 14.0. The first-order valence-corrected chi connectivity index (χ1v) is 12.1. The maximum Gasteiger partial charge on any atom is 0.319 e. The second kappa shape index (κ2) is 10.2. The molecule has 2 aliphatic carbocycles. The molecule has 3 N–H and O–H groups in total. The van der Waals surface area contributed by atoms with Gasteiger partial charge in [-0.05, 0) is 63.5 Å². The molecule has 1 saturated carbocycles. The number of urea groups is 1. The van der Waals surface area contributed by atoms with Crippen molar-refractivity contribution in [2.45, 2.75) is 63.5 Å². The van der Waals surface area contributed by atoms with Crippen LogP contribution in [0, 0.1) is 11.6 Å². The number of carbonyl (C=O) groups is 1. The predicted molar refractivity (Wildman–Crippen MR) is 129 cm³/mol. The van der Waals surface area contributed by atoms with Crippen molar-refractivity contribution in [1.82, 2.24) is 15.3 Å². The zero-order chi connectivity index (χ0) is 23.5. The van der Waals surface area contributed by atoms with Gasteiger partial charge in [-0.25, -0.2) is 18.6 Å². The van der Waals surface area contributed by atoms with Crippen LogP contribution in [-0.2, 0) is 12.8 Å². The molecule has 0 unspecified atom stereocenters. The first-order chi connectivity index (χ1) is 15.8. The lowest BCUT2D eigenvalue weighted by Gasteiger charge is -2.30. The standard InChI is InChI=1S/C23H29BrF2N6O/c1-32(2)21-16-5-3-4-6-19(16)29-22(31-21)27-14-7-9-15(10-8-14)28-23(33)30-20-17(25)11-13(24)12-18(20)26/h11-12,14-15H,3-10H2,1-2H3,(H,27,29,31)(H2,28,30,33). The van der Waals surface area contributed by atoms with Crippen molar-refractivity contribution in [3.05, 3.63) is 39.5 Å². The summed E-state index contributed by atoms with van der Waals surface area (Å²) in [4.78, 5) is 23.9. The van der Waals surface area contributed by atoms with E-state index >= 15 is 0 Å². The quantitative estimate of drug-likeness (QED) is 0.514. The van der Waals surface area contributed by atoms with E-state index in [4.69, 9.17) is 9.97 Å². The Hall–Kier alpha value is -2.49. The van der Waals surface area contributed by atoms with Crippen LogP contribution >= 0.6 is 15.9 Å². The summed E-state index contributed by atoms with van der Waals surface area (Å²) >= 11 is 3.03. The molecule has 178 valence electrons. The lowest BCUT2D eigenvalue weighted by atomic mass is 9.91. The van der Waals surface area contributed by atoms with E-state index in [1.807, 2.05) is 19.0 Å². The van der Waals surface area contributed by atoms with E-state index in [-0.39, 0.29) is 16.6 Å². The number of nitrogens with zero attached hydrogens (tertiary/aromatic N) is 3. The number of anilines is 3. The van der Waals surface area contributed by atoms with Gasteiger partial charge in [-0.15, -0.1) is 0 Å². The van der Waals surface area contributed by atoms with E-state index in [1.54, 1.807) is 0 Å². The van der Waals surface area contributed by atoms with Gasteiger partial charge in [-0.1, -0.05) is 15.9 Å². The van der Waals surface area contributed by atoms with Crippen LogP contribution in [0.5, 0.6) is 0 Å². The Morgan fingerprint density at radius 2 is 1.67 bits per heavy atom. The molecular formula is C23H29BrF2N6O. The molecule has 0 spiro atoms. The third-order valence-electron chi connectivity index (χ3n) is 6.23. The van der Waals surface area contributed by atoms with Gasteiger partial charge in [0.1, 0.15) is 11.5 Å². The number of nitrogens with one attached hydrogen (secondary N) is 3. The minimum atomic E-state index is -0.827. The van der Waals surface area contributed by atoms with Gasteiger partial charge in [-0.2, -0.15) is 4.98 Å². The van der Waals surface area contributed by atoms with Crippen LogP contribution in [0.1, 0.15) is 49.8 Å². The van der Waals surface area contributed by atoms with Crippen LogP contribution in [0.4, 0.5) is 31.0 Å². The number of hydrogen-bond acceptors (Lipinski definition) is 5. The Morgan fingerprint density at radius 3 is 2.33 bits per heavy atom. The topological polar surface area (TPSA) is 82.2 Å². The smallest absolute Gasteiger partial charge is 0.319 e. The molecule has 0 radical (unpaired) electrons. The Morgan fingerprint density at radius 1 is 1.03 bits per heavy atom. The molecule has 0 atom stereocenters. The number of carbonyl (C=O) groups excluding carboxylic acids is 1. The van der Waals surface area contributed by atoms with Crippen LogP contribution in [0.2, 0.25) is 0 Å². The van der Waals surface area contributed by atoms with E-state index in [2.05, 4.69) is 31.9 Å². The molecule has 1 aromatic heterocycles. The van der Waals surface area contributed by atoms with E-state index in [9.17, 15) is 13.6 Å². The summed E-state index contributed by atoms with van der Waals surface area (Å²) in [6.45, 7) is 0. The van der Waals surface area contributed by atoms with E-state index in [0.29, 0.717) is 5.95 Å². The van der Waals surface area contributed by atoms with Gasteiger partial charge >= 0.3 is 6.03 Å². The summed E-state index contributed by atoms with van der Waals surface area (Å²) in [6.07, 6.45) is 7.52. The molecule has 0 aliphatic heterocycles. The fourth-order valence-electron chi connectivity index (χ4n) is 4.57. The van der Waals surface area contributed by atoms with Gasteiger partial charge in [0.2, 0.25) is 5.95 Å². The lowest BCUT2D eigenvalue weighted by molar-refractivity contribution is 0.243. The highest BCUT2D eigenvalue weighted by Crippen LogP contribution is 2.29. The van der Waals surface area contributed by atoms with Gasteiger partial charge < -0.3 is 20.9 Å². The number of rotatable bonds is 5. The van der Waals surface area contributed by atoms with E-state index in [0.717, 1.165) is 68.6 Å². The summed E-state index contributed by atoms with van der Waals surface area (Å²) < 4.78 is 28.2.